The van der Waals surface area contributed by atoms with Gasteiger partial charge in [0.2, 0.25) is 0 Å². The lowest BCUT2D eigenvalue weighted by atomic mass is 10.2. The SMILES string of the molecule is Cc1cc(C(=O)N[C@H](C)c2nnc3n2CCCCC3)c(C)s1. The second-order valence-electron chi connectivity index (χ2n) is 5.96. The summed E-state index contributed by atoms with van der Waals surface area (Å²) in [5.74, 6) is 1.89. The quantitative estimate of drug-likeness (QED) is 0.945. The molecule has 1 atom stereocenters. The third-order valence-corrected chi connectivity index (χ3v) is 5.12. The van der Waals surface area contributed by atoms with E-state index >= 15 is 0 Å². The van der Waals surface area contributed by atoms with Crippen LogP contribution in [0.15, 0.2) is 6.07 Å². The maximum atomic E-state index is 12.5. The van der Waals surface area contributed by atoms with Crippen molar-refractivity contribution in [3.8, 4) is 0 Å². The molecule has 3 heterocycles. The number of hydrogen-bond acceptors (Lipinski definition) is 4. The summed E-state index contributed by atoms with van der Waals surface area (Å²) in [6.07, 6.45) is 4.54. The minimum absolute atomic E-state index is 0.0275. The van der Waals surface area contributed by atoms with E-state index in [1.54, 1.807) is 11.3 Å². The van der Waals surface area contributed by atoms with E-state index in [0.717, 1.165) is 46.4 Å². The van der Waals surface area contributed by atoms with Crippen molar-refractivity contribution < 1.29 is 4.79 Å². The summed E-state index contributed by atoms with van der Waals surface area (Å²) in [7, 11) is 0. The largest absolute Gasteiger partial charge is 0.342 e. The number of thiophene rings is 1. The first-order valence-corrected chi connectivity index (χ1v) is 8.68. The number of rotatable bonds is 3. The minimum Gasteiger partial charge on any atom is -0.342 e. The van der Waals surface area contributed by atoms with Gasteiger partial charge in [-0.3, -0.25) is 4.79 Å². The molecule has 118 valence electrons. The Morgan fingerprint density at radius 3 is 2.86 bits per heavy atom. The molecular formula is C16H22N4OS. The maximum Gasteiger partial charge on any atom is 0.252 e. The Morgan fingerprint density at radius 2 is 2.14 bits per heavy atom. The monoisotopic (exact) mass is 318 g/mol. The van der Waals surface area contributed by atoms with Crippen LogP contribution in [0.4, 0.5) is 0 Å². The van der Waals surface area contributed by atoms with Crippen molar-refractivity contribution in [1.29, 1.82) is 0 Å². The van der Waals surface area contributed by atoms with Gasteiger partial charge in [-0.05, 0) is 39.7 Å². The zero-order valence-corrected chi connectivity index (χ0v) is 14.2. The van der Waals surface area contributed by atoms with Crippen LogP contribution in [0.25, 0.3) is 0 Å². The summed E-state index contributed by atoms with van der Waals surface area (Å²) in [6.45, 7) is 6.94. The molecule has 0 fully saturated rings. The van der Waals surface area contributed by atoms with E-state index in [4.69, 9.17) is 0 Å². The summed E-state index contributed by atoms with van der Waals surface area (Å²) in [5.41, 5.74) is 0.768. The van der Waals surface area contributed by atoms with Gasteiger partial charge in [0.25, 0.3) is 5.91 Å². The highest BCUT2D eigenvalue weighted by molar-refractivity contribution is 7.12. The maximum absolute atomic E-state index is 12.5. The highest BCUT2D eigenvalue weighted by Crippen LogP contribution is 2.22. The van der Waals surface area contributed by atoms with Crippen LogP contribution in [-0.4, -0.2) is 20.7 Å². The van der Waals surface area contributed by atoms with Gasteiger partial charge < -0.3 is 9.88 Å². The molecule has 3 rings (SSSR count). The molecule has 22 heavy (non-hydrogen) atoms. The molecule has 0 saturated carbocycles. The third kappa shape index (κ3) is 2.92. The first-order chi connectivity index (χ1) is 10.6. The normalized spacial score (nSPS) is 16.0. The average Bonchev–Trinajstić information content (AvgIpc) is 2.94. The summed E-state index contributed by atoms with van der Waals surface area (Å²) in [5, 5.41) is 11.7. The molecule has 0 spiro atoms. The van der Waals surface area contributed by atoms with Crippen molar-refractivity contribution in [1.82, 2.24) is 20.1 Å². The first-order valence-electron chi connectivity index (χ1n) is 7.86. The Morgan fingerprint density at radius 1 is 1.32 bits per heavy atom. The van der Waals surface area contributed by atoms with E-state index in [1.807, 2.05) is 26.8 Å². The molecule has 1 aliphatic rings. The highest BCUT2D eigenvalue weighted by atomic mass is 32.1. The molecule has 0 radical (unpaired) electrons. The van der Waals surface area contributed by atoms with Crippen molar-refractivity contribution in [2.75, 3.05) is 0 Å². The second-order valence-corrected chi connectivity index (χ2v) is 7.42. The van der Waals surface area contributed by atoms with Crippen molar-refractivity contribution >= 4 is 17.2 Å². The van der Waals surface area contributed by atoms with Gasteiger partial charge in [-0.25, -0.2) is 0 Å². The lowest BCUT2D eigenvalue weighted by Crippen LogP contribution is -2.29. The van der Waals surface area contributed by atoms with E-state index in [1.165, 1.54) is 12.8 Å². The van der Waals surface area contributed by atoms with Gasteiger partial charge >= 0.3 is 0 Å². The molecule has 0 aromatic carbocycles. The second kappa shape index (κ2) is 6.20. The number of carbonyl (C=O) groups is 1. The fraction of sp³-hybridized carbons (Fsp3) is 0.562. The van der Waals surface area contributed by atoms with Crippen LogP contribution in [0.5, 0.6) is 0 Å². The zero-order chi connectivity index (χ0) is 15.7. The van der Waals surface area contributed by atoms with Crippen molar-refractivity contribution in [2.24, 2.45) is 0 Å². The summed E-state index contributed by atoms with van der Waals surface area (Å²) in [6, 6.07) is 1.82. The standard InChI is InChI=1S/C16H22N4OS/c1-10-9-13(12(3)22-10)16(21)17-11(2)15-19-18-14-7-5-4-6-8-20(14)15/h9,11H,4-8H2,1-3H3,(H,17,21)/t11-/m1/s1. The van der Waals surface area contributed by atoms with Crippen LogP contribution in [0.1, 0.15) is 64.0 Å². The Hall–Kier alpha value is -1.69. The van der Waals surface area contributed by atoms with Gasteiger partial charge in [-0.15, -0.1) is 21.5 Å². The molecule has 1 aliphatic heterocycles. The van der Waals surface area contributed by atoms with Gasteiger partial charge in [-0.1, -0.05) is 6.42 Å². The molecule has 5 nitrogen and oxygen atoms in total. The molecule has 6 heteroatoms. The van der Waals surface area contributed by atoms with E-state index in [2.05, 4.69) is 20.1 Å². The number of nitrogens with zero attached hydrogens (tertiary/aromatic N) is 3. The highest BCUT2D eigenvalue weighted by Gasteiger charge is 2.22. The van der Waals surface area contributed by atoms with Crippen LogP contribution in [0.3, 0.4) is 0 Å². The number of amides is 1. The van der Waals surface area contributed by atoms with Crippen LogP contribution in [0.2, 0.25) is 0 Å². The predicted octanol–water partition coefficient (Wildman–Crippen LogP) is 3.17. The van der Waals surface area contributed by atoms with Crippen LogP contribution < -0.4 is 5.32 Å². The lowest BCUT2D eigenvalue weighted by molar-refractivity contribution is 0.0937. The summed E-state index contributed by atoms with van der Waals surface area (Å²) >= 11 is 1.65. The van der Waals surface area contributed by atoms with E-state index in [9.17, 15) is 4.79 Å². The number of hydrogen-bond donors (Lipinski definition) is 1. The van der Waals surface area contributed by atoms with Crippen LogP contribution >= 0.6 is 11.3 Å². The number of aromatic nitrogens is 3. The first kappa shape index (κ1) is 15.2. The van der Waals surface area contributed by atoms with Gasteiger partial charge in [-0.2, -0.15) is 0 Å². The smallest absolute Gasteiger partial charge is 0.252 e. The fourth-order valence-electron chi connectivity index (χ4n) is 3.02. The molecule has 0 saturated heterocycles. The van der Waals surface area contributed by atoms with Crippen molar-refractivity contribution in [3.63, 3.8) is 0 Å². The molecular weight excluding hydrogens is 296 g/mol. The van der Waals surface area contributed by atoms with E-state index in [0.29, 0.717) is 0 Å². The minimum atomic E-state index is -0.133. The Labute approximate surface area is 134 Å². The zero-order valence-electron chi connectivity index (χ0n) is 13.3. The Kier molecular flexibility index (Phi) is 4.29. The fourth-order valence-corrected chi connectivity index (χ4v) is 3.94. The number of nitrogens with one attached hydrogen (secondary N) is 1. The van der Waals surface area contributed by atoms with E-state index in [-0.39, 0.29) is 11.9 Å². The molecule has 1 amide bonds. The lowest BCUT2D eigenvalue weighted by Gasteiger charge is -2.15. The number of fused-ring (bicyclic) bond motifs is 1. The van der Waals surface area contributed by atoms with Crippen molar-refractivity contribution in [2.45, 2.75) is 59.0 Å². The number of aryl methyl sites for hydroxylation is 3. The van der Waals surface area contributed by atoms with Gasteiger partial charge in [0, 0.05) is 22.7 Å². The number of carbonyl (C=O) groups excluding carboxylic acids is 1. The third-order valence-electron chi connectivity index (χ3n) is 4.16. The molecule has 0 bridgehead atoms. The van der Waals surface area contributed by atoms with E-state index < -0.39 is 0 Å². The molecule has 0 aliphatic carbocycles. The van der Waals surface area contributed by atoms with Gasteiger partial charge in [0.05, 0.1) is 11.6 Å². The average molecular weight is 318 g/mol. The van der Waals surface area contributed by atoms with Crippen molar-refractivity contribution in [3.05, 3.63) is 33.0 Å². The van der Waals surface area contributed by atoms with Crippen LogP contribution in [-0.2, 0) is 13.0 Å². The predicted molar refractivity (Wildman–Crippen MR) is 87.3 cm³/mol. The van der Waals surface area contributed by atoms with Gasteiger partial charge in [0.15, 0.2) is 5.82 Å². The van der Waals surface area contributed by atoms with Gasteiger partial charge in [0.1, 0.15) is 5.82 Å². The Bertz CT molecular complexity index is 688. The van der Waals surface area contributed by atoms with Crippen LogP contribution in [0, 0.1) is 13.8 Å². The molecule has 1 N–H and O–H groups in total. The summed E-state index contributed by atoms with van der Waals surface area (Å²) < 4.78 is 2.18. The molecule has 0 unspecified atom stereocenters. The molecule has 2 aromatic rings. The summed E-state index contributed by atoms with van der Waals surface area (Å²) in [4.78, 5) is 14.7. The Balaban J connectivity index is 1.77. The molecule has 2 aromatic heterocycles. The topological polar surface area (TPSA) is 59.8 Å².